The number of carbonyl (C=O) groups excluding carboxylic acids is 2. The summed E-state index contributed by atoms with van der Waals surface area (Å²) in [6, 6.07) is 11.3. The Bertz CT molecular complexity index is 833. The molecule has 0 bridgehead atoms. The summed E-state index contributed by atoms with van der Waals surface area (Å²) >= 11 is 6.36. The number of nitrogens with zero attached hydrogens (tertiary/aromatic N) is 1. The van der Waals surface area contributed by atoms with Crippen molar-refractivity contribution in [1.82, 2.24) is 4.98 Å². The van der Waals surface area contributed by atoms with Gasteiger partial charge in [0.15, 0.2) is 6.10 Å². The molecule has 2 rings (SSSR count). The monoisotopic (exact) mass is 373 g/mol. The van der Waals surface area contributed by atoms with Crippen LogP contribution in [0.2, 0.25) is 5.15 Å². The van der Waals surface area contributed by atoms with E-state index in [9.17, 15) is 9.59 Å². The van der Waals surface area contributed by atoms with Gasteiger partial charge >= 0.3 is 11.9 Å². The number of pyridine rings is 1. The Morgan fingerprint density at radius 2 is 1.92 bits per heavy atom. The number of hydrogen-bond acceptors (Lipinski definition) is 5. The van der Waals surface area contributed by atoms with Crippen LogP contribution in [0.25, 0.3) is 11.3 Å². The van der Waals surface area contributed by atoms with Crippen molar-refractivity contribution in [3.63, 3.8) is 0 Å². The highest BCUT2D eigenvalue weighted by Gasteiger charge is 2.28. The number of benzene rings is 1. The van der Waals surface area contributed by atoms with E-state index in [1.165, 1.54) is 6.92 Å². The molecule has 0 aliphatic carbocycles. The van der Waals surface area contributed by atoms with Gasteiger partial charge in [-0.25, -0.2) is 9.78 Å². The molecule has 0 saturated carbocycles. The lowest BCUT2D eigenvalue weighted by molar-refractivity contribution is -0.147. The average molecular weight is 374 g/mol. The second-order valence-electron chi connectivity index (χ2n) is 5.64. The van der Waals surface area contributed by atoms with E-state index in [4.69, 9.17) is 21.1 Å². The third kappa shape index (κ3) is 4.49. The molecule has 0 spiro atoms. The first kappa shape index (κ1) is 19.7. The van der Waals surface area contributed by atoms with E-state index in [1.807, 2.05) is 37.3 Å². The van der Waals surface area contributed by atoms with E-state index in [1.54, 1.807) is 13.0 Å². The molecule has 0 aliphatic heterocycles. The van der Waals surface area contributed by atoms with Gasteiger partial charge in [-0.2, -0.15) is 0 Å². The number of hydrogen-bond donors (Lipinski definition) is 0. The highest BCUT2D eigenvalue weighted by atomic mass is 35.5. The third-order valence-electron chi connectivity index (χ3n) is 3.66. The normalized spacial score (nSPS) is 11.5. The molecule has 136 valence electrons. The second kappa shape index (κ2) is 8.63. The number of aryl methyl sites for hydroxylation is 1. The van der Waals surface area contributed by atoms with Gasteiger partial charge in [0.2, 0.25) is 0 Å². The first-order valence-electron chi connectivity index (χ1n) is 8.10. The Labute approximate surface area is 157 Å². The van der Waals surface area contributed by atoms with Crippen LogP contribution in [0, 0.1) is 6.92 Å². The van der Waals surface area contributed by atoms with E-state index in [0.29, 0.717) is 11.3 Å². The number of aromatic nitrogens is 1. The van der Waals surface area contributed by atoms with Crippen molar-refractivity contribution >= 4 is 23.5 Å². The van der Waals surface area contributed by atoms with Gasteiger partial charge in [0.25, 0.3) is 0 Å². The molecule has 5 nitrogen and oxygen atoms in total. The molecule has 0 amide bonds. The van der Waals surface area contributed by atoms with E-state index in [0.717, 1.165) is 11.1 Å². The SMILES string of the molecule is C=C(C(=O)OCC)C(OC(C)=O)c1cc(C)c(-c2ccccc2)nc1Cl. The van der Waals surface area contributed by atoms with Crippen LogP contribution in [0.1, 0.15) is 31.1 Å². The van der Waals surface area contributed by atoms with Crippen LogP contribution in [0.3, 0.4) is 0 Å². The Balaban J connectivity index is 2.48. The lowest BCUT2D eigenvalue weighted by Gasteiger charge is -2.21. The first-order chi connectivity index (χ1) is 12.3. The predicted octanol–water partition coefficient (Wildman–Crippen LogP) is 4.43. The Kier molecular flexibility index (Phi) is 6.52. The maximum Gasteiger partial charge on any atom is 0.337 e. The molecule has 0 radical (unpaired) electrons. The van der Waals surface area contributed by atoms with Crippen molar-refractivity contribution in [3.8, 4) is 11.3 Å². The van der Waals surface area contributed by atoms with E-state index >= 15 is 0 Å². The van der Waals surface area contributed by atoms with Gasteiger partial charge in [-0.1, -0.05) is 48.5 Å². The van der Waals surface area contributed by atoms with E-state index in [2.05, 4.69) is 11.6 Å². The maximum absolute atomic E-state index is 12.0. The zero-order valence-corrected chi connectivity index (χ0v) is 15.7. The van der Waals surface area contributed by atoms with Crippen LogP contribution in [-0.4, -0.2) is 23.5 Å². The molecule has 1 atom stereocenters. The van der Waals surface area contributed by atoms with Crippen molar-refractivity contribution in [2.75, 3.05) is 6.61 Å². The van der Waals surface area contributed by atoms with Gasteiger partial charge in [-0.3, -0.25) is 4.79 Å². The van der Waals surface area contributed by atoms with Gasteiger partial charge in [0.05, 0.1) is 17.9 Å². The van der Waals surface area contributed by atoms with Crippen molar-refractivity contribution in [2.45, 2.75) is 26.9 Å². The third-order valence-corrected chi connectivity index (χ3v) is 3.96. The fraction of sp³-hybridized carbons (Fsp3) is 0.250. The Morgan fingerprint density at radius 3 is 2.50 bits per heavy atom. The summed E-state index contributed by atoms with van der Waals surface area (Å²) in [7, 11) is 0. The summed E-state index contributed by atoms with van der Waals surface area (Å²) in [5.41, 5.74) is 2.81. The van der Waals surface area contributed by atoms with Gasteiger partial charge in [-0.15, -0.1) is 0 Å². The summed E-state index contributed by atoms with van der Waals surface area (Å²) < 4.78 is 10.2. The average Bonchev–Trinajstić information content (AvgIpc) is 2.61. The standard InChI is InChI=1S/C20H20ClNO4/c1-5-25-20(24)13(3)18(26-14(4)23)16-11-12(2)17(22-19(16)21)15-9-7-6-8-10-15/h6-11,18H,3,5H2,1-2,4H3. The quantitative estimate of drug-likeness (QED) is 0.425. The smallest absolute Gasteiger partial charge is 0.337 e. The molecule has 26 heavy (non-hydrogen) atoms. The van der Waals surface area contributed by atoms with E-state index in [-0.39, 0.29) is 17.3 Å². The van der Waals surface area contributed by atoms with Crippen LogP contribution >= 0.6 is 11.6 Å². The molecule has 6 heteroatoms. The van der Waals surface area contributed by atoms with Crippen molar-refractivity contribution < 1.29 is 19.1 Å². The Hall–Kier alpha value is -2.66. The van der Waals surface area contributed by atoms with Crippen LogP contribution in [0.4, 0.5) is 0 Å². The van der Waals surface area contributed by atoms with Crippen LogP contribution < -0.4 is 0 Å². The number of carbonyl (C=O) groups is 2. The molecule has 0 fully saturated rings. The minimum Gasteiger partial charge on any atom is -0.463 e. The molecule has 0 saturated heterocycles. The van der Waals surface area contributed by atoms with Gasteiger partial charge in [0.1, 0.15) is 5.15 Å². The number of esters is 2. The lowest BCUT2D eigenvalue weighted by atomic mass is 9.99. The van der Waals surface area contributed by atoms with E-state index < -0.39 is 18.0 Å². The van der Waals surface area contributed by atoms with Gasteiger partial charge in [0, 0.05) is 18.1 Å². The molecular formula is C20H20ClNO4. The second-order valence-corrected chi connectivity index (χ2v) is 5.99. The zero-order chi connectivity index (χ0) is 19.3. The van der Waals surface area contributed by atoms with Gasteiger partial charge in [-0.05, 0) is 25.5 Å². The lowest BCUT2D eigenvalue weighted by Crippen LogP contribution is -2.19. The predicted molar refractivity (Wildman–Crippen MR) is 99.7 cm³/mol. The molecule has 0 N–H and O–H groups in total. The minimum absolute atomic E-state index is 0.0161. The molecule has 0 aliphatic rings. The number of rotatable bonds is 6. The van der Waals surface area contributed by atoms with Crippen molar-refractivity contribution in [2.24, 2.45) is 0 Å². The van der Waals surface area contributed by atoms with Crippen molar-refractivity contribution in [3.05, 3.63) is 64.8 Å². The minimum atomic E-state index is -1.06. The summed E-state index contributed by atoms with van der Waals surface area (Å²) in [5.74, 6) is -1.22. The fourth-order valence-electron chi connectivity index (χ4n) is 2.50. The highest BCUT2D eigenvalue weighted by molar-refractivity contribution is 6.30. The Morgan fingerprint density at radius 1 is 1.27 bits per heavy atom. The molecule has 1 heterocycles. The maximum atomic E-state index is 12.0. The van der Waals surface area contributed by atoms with Crippen molar-refractivity contribution in [1.29, 1.82) is 0 Å². The van der Waals surface area contributed by atoms with Crippen LogP contribution in [-0.2, 0) is 19.1 Å². The largest absolute Gasteiger partial charge is 0.463 e. The van der Waals surface area contributed by atoms with Crippen LogP contribution in [0.5, 0.6) is 0 Å². The first-order valence-corrected chi connectivity index (χ1v) is 8.48. The summed E-state index contributed by atoms with van der Waals surface area (Å²) in [5, 5.41) is 0.131. The molecular weight excluding hydrogens is 354 g/mol. The molecule has 1 aromatic heterocycles. The zero-order valence-electron chi connectivity index (χ0n) is 14.9. The van der Waals surface area contributed by atoms with Gasteiger partial charge < -0.3 is 9.47 Å². The molecule has 1 unspecified atom stereocenters. The van der Waals surface area contributed by atoms with Crippen LogP contribution in [0.15, 0.2) is 48.6 Å². The summed E-state index contributed by atoms with van der Waals surface area (Å²) in [6.07, 6.45) is -1.06. The topological polar surface area (TPSA) is 65.5 Å². The molecule has 2 aromatic rings. The fourth-order valence-corrected chi connectivity index (χ4v) is 2.74. The highest BCUT2D eigenvalue weighted by Crippen LogP contribution is 2.34. The number of ether oxygens (including phenoxy) is 2. The molecule has 1 aromatic carbocycles. The summed E-state index contributed by atoms with van der Waals surface area (Å²) in [4.78, 5) is 28.0. The summed E-state index contributed by atoms with van der Waals surface area (Å²) in [6.45, 7) is 8.70. The number of halogens is 1.